The molecular formula is C11H16IN3O. The van der Waals surface area contributed by atoms with Crippen molar-refractivity contribution in [3.63, 3.8) is 0 Å². The Labute approximate surface area is 110 Å². The number of rotatable bonds is 5. The Balaban J connectivity index is 2.32. The summed E-state index contributed by atoms with van der Waals surface area (Å²) in [6, 6.07) is 3.62. The quantitative estimate of drug-likeness (QED) is 0.656. The molecule has 0 aromatic carbocycles. The van der Waals surface area contributed by atoms with Crippen LogP contribution in [0.15, 0.2) is 18.3 Å². The third-order valence-corrected chi connectivity index (χ3v) is 2.67. The van der Waals surface area contributed by atoms with Crippen LogP contribution < -0.4 is 5.32 Å². The zero-order valence-corrected chi connectivity index (χ0v) is 11.7. The Morgan fingerprint density at radius 1 is 1.50 bits per heavy atom. The molecule has 0 bridgehead atoms. The molecule has 5 heteroatoms. The smallest absolute Gasteiger partial charge is 0.269 e. The van der Waals surface area contributed by atoms with Gasteiger partial charge in [-0.15, -0.1) is 0 Å². The number of aromatic nitrogens is 1. The minimum Gasteiger partial charge on any atom is -0.351 e. The van der Waals surface area contributed by atoms with E-state index >= 15 is 0 Å². The molecule has 0 radical (unpaired) electrons. The van der Waals surface area contributed by atoms with E-state index in [-0.39, 0.29) is 5.91 Å². The van der Waals surface area contributed by atoms with E-state index in [0.717, 1.165) is 16.5 Å². The summed E-state index contributed by atoms with van der Waals surface area (Å²) in [6.45, 7) is 1.66. The number of pyridine rings is 1. The van der Waals surface area contributed by atoms with Crippen LogP contribution in [0.25, 0.3) is 0 Å². The van der Waals surface area contributed by atoms with Gasteiger partial charge in [-0.1, -0.05) is 0 Å². The fourth-order valence-corrected chi connectivity index (χ4v) is 1.52. The highest BCUT2D eigenvalue weighted by molar-refractivity contribution is 14.1. The van der Waals surface area contributed by atoms with E-state index in [2.05, 4.69) is 37.8 Å². The van der Waals surface area contributed by atoms with Gasteiger partial charge in [0.1, 0.15) is 5.69 Å². The lowest BCUT2D eigenvalue weighted by Crippen LogP contribution is -2.27. The average Bonchev–Trinajstić information content (AvgIpc) is 2.25. The highest BCUT2D eigenvalue weighted by atomic mass is 123. The molecule has 0 aliphatic carbocycles. The van der Waals surface area contributed by atoms with Crippen LogP contribution in [0.2, 0.25) is 0 Å². The Bertz CT molecular complexity index is 338. The molecule has 16 heavy (non-hydrogen) atoms. The van der Waals surface area contributed by atoms with Gasteiger partial charge < -0.3 is 10.2 Å². The fourth-order valence-electron chi connectivity index (χ4n) is 1.20. The van der Waals surface area contributed by atoms with E-state index in [1.54, 1.807) is 12.3 Å². The maximum Gasteiger partial charge on any atom is 0.269 e. The van der Waals surface area contributed by atoms with Gasteiger partial charge in [-0.2, -0.15) is 0 Å². The number of hydrogen-bond donors (Lipinski definition) is 1. The van der Waals surface area contributed by atoms with Crippen molar-refractivity contribution in [2.24, 2.45) is 0 Å². The maximum atomic E-state index is 11.6. The molecule has 0 spiro atoms. The van der Waals surface area contributed by atoms with Crippen molar-refractivity contribution in [3.8, 4) is 0 Å². The van der Waals surface area contributed by atoms with Crippen LogP contribution in [0, 0.1) is 3.57 Å². The number of amides is 1. The maximum absolute atomic E-state index is 11.6. The second-order valence-electron chi connectivity index (χ2n) is 3.77. The predicted octanol–water partition coefficient (Wildman–Crippen LogP) is 1.37. The van der Waals surface area contributed by atoms with Crippen LogP contribution >= 0.6 is 22.6 Å². The molecule has 0 aliphatic rings. The predicted molar refractivity (Wildman–Crippen MR) is 72.5 cm³/mol. The fraction of sp³-hybridized carbons (Fsp3) is 0.455. The molecule has 0 aliphatic heterocycles. The Morgan fingerprint density at radius 2 is 2.25 bits per heavy atom. The number of hydrogen-bond acceptors (Lipinski definition) is 3. The lowest BCUT2D eigenvalue weighted by atomic mass is 10.3. The SMILES string of the molecule is CN(C)CCCNC(=O)c1ccc([123I])cn1. The molecule has 1 aromatic heterocycles. The second kappa shape index (κ2) is 6.80. The molecule has 1 heterocycles. The topological polar surface area (TPSA) is 45.2 Å². The number of carbonyl (C=O) groups is 1. The summed E-state index contributed by atoms with van der Waals surface area (Å²) in [5.41, 5.74) is 0.477. The molecule has 1 amide bonds. The molecule has 0 saturated carbocycles. The Hall–Kier alpha value is -0.690. The number of nitrogens with zero attached hydrogens (tertiary/aromatic N) is 2. The summed E-state index contributed by atoms with van der Waals surface area (Å²) < 4.78 is 1.03. The molecule has 1 aromatic rings. The van der Waals surface area contributed by atoms with Crippen LogP contribution in [0.5, 0.6) is 0 Å². The third-order valence-electron chi connectivity index (χ3n) is 2.03. The van der Waals surface area contributed by atoms with E-state index in [1.807, 2.05) is 20.2 Å². The van der Waals surface area contributed by atoms with Crippen molar-refractivity contribution in [1.82, 2.24) is 15.2 Å². The average molecular weight is 329 g/mol. The van der Waals surface area contributed by atoms with Gasteiger partial charge >= 0.3 is 0 Å². The molecule has 1 rings (SSSR count). The summed E-state index contributed by atoms with van der Waals surface area (Å²) in [7, 11) is 4.03. The molecule has 0 fully saturated rings. The van der Waals surface area contributed by atoms with E-state index in [9.17, 15) is 4.79 Å². The lowest BCUT2D eigenvalue weighted by Gasteiger charge is -2.09. The molecule has 0 saturated heterocycles. The van der Waals surface area contributed by atoms with Gasteiger partial charge in [0.05, 0.1) is 0 Å². The molecule has 0 atom stereocenters. The minimum atomic E-state index is -0.102. The van der Waals surface area contributed by atoms with Gasteiger partial charge in [0.15, 0.2) is 0 Å². The summed E-state index contributed by atoms with van der Waals surface area (Å²) in [5.74, 6) is -0.102. The van der Waals surface area contributed by atoms with Crippen molar-refractivity contribution >= 4 is 28.5 Å². The first-order chi connectivity index (χ1) is 7.59. The summed E-state index contributed by atoms with van der Waals surface area (Å²) in [6.07, 6.45) is 2.64. The molecule has 88 valence electrons. The van der Waals surface area contributed by atoms with Crippen LogP contribution in [-0.2, 0) is 0 Å². The monoisotopic (exact) mass is 329 g/mol. The van der Waals surface area contributed by atoms with E-state index in [4.69, 9.17) is 0 Å². The normalized spacial score (nSPS) is 10.5. The van der Waals surface area contributed by atoms with Crippen LogP contribution in [0.3, 0.4) is 0 Å². The van der Waals surface area contributed by atoms with E-state index < -0.39 is 0 Å². The van der Waals surface area contributed by atoms with Gasteiger partial charge in [0.2, 0.25) is 0 Å². The van der Waals surface area contributed by atoms with Gasteiger partial charge in [0, 0.05) is 16.3 Å². The van der Waals surface area contributed by atoms with Crippen LogP contribution in [-0.4, -0.2) is 43.0 Å². The van der Waals surface area contributed by atoms with Crippen molar-refractivity contribution in [2.45, 2.75) is 6.42 Å². The molecule has 1 N–H and O–H groups in total. The third kappa shape index (κ3) is 4.89. The first kappa shape index (κ1) is 13.4. The first-order valence-electron chi connectivity index (χ1n) is 5.14. The van der Waals surface area contributed by atoms with E-state index in [0.29, 0.717) is 12.2 Å². The summed E-state index contributed by atoms with van der Waals surface area (Å²) in [5, 5.41) is 2.84. The van der Waals surface area contributed by atoms with Gasteiger partial charge in [-0.05, 0) is 61.8 Å². The summed E-state index contributed by atoms with van der Waals surface area (Å²) in [4.78, 5) is 17.8. The van der Waals surface area contributed by atoms with Gasteiger partial charge in [-0.25, -0.2) is 4.98 Å². The van der Waals surface area contributed by atoms with Crippen molar-refractivity contribution < 1.29 is 4.79 Å². The van der Waals surface area contributed by atoms with Crippen molar-refractivity contribution in [1.29, 1.82) is 0 Å². The van der Waals surface area contributed by atoms with Crippen molar-refractivity contribution in [3.05, 3.63) is 27.6 Å². The second-order valence-corrected chi connectivity index (χ2v) is 5.02. The number of carbonyl (C=O) groups excluding carboxylic acids is 1. The Kier molecular flexibility index (Phi) is 5.68. The standard InChI is InChI=1S/C11H16IN3O/c1-15(2)7-3-6-13-11(16)10-5-4-9(12)8-14-10/h4-5,8H,3,6-7H2,1-2H3,(H,13,16)/i12-4. The minimum absolute atomic E-state index is 0.102. The van der Waals surface area contributed by atoms with Crippen LogP contribution in [0.1, 0.15) is 16.9 Å². The van der Waals surface area contributed by atoms with Gasteiger partial charge in [0.25, 0.3) is 5.91 Å². The molecular weight excluding hydrogens is 313 g/mol. The van der Waals surface area contributed by atoms with Crippen LogP contribution in [0.4, 0.5) is 0 Å². The zero-order valence-electron chi connectivity index (χ0n) is 9.53. The van der Waals surface area contributed by atoms with Gasteiger partial charge in [-0.3, -0.25) is 4.79 Å². The number of nitrogens with one attached hydrogen (secondary N) is 1. The zero-order chi connectivity index (χ0) is 12.0. The lowest BCUT2D eigenvalue weighted by molar-refractivity contribution is 0.0947. The first-order valence-corrected chi connectivity index (χ1v) is 6.22. The van der Waals surface area contributed by atoms with E-state index in [1.165, 1.54) is 0 Å². The highest BCUT2D eigenvalue weighted by Crippen LogP contribution is 2.02. The summed E-state index contributed by atoms with van der Waals surface area (Å²) >= 11 is 2.16. The Morgan fingerprint density at radius 3 is 2.81 bits per heavy atom. The molecule has 0 unspecified atom stereocenters. The van der Waals surface area contributed by atoms with Crippen molar-refractivity contribution in [2.75, 3.05) is 27.2 Å². The highest BCUT2D eigenvalue weighted by Gasteiger charge is 2.05. The largest absolute Gasteiger partial charge is 0.351 e. The molecule has 4 nitrogen and oxygen atoms in total. The number of halogens is 1.